The van der Waals surface area contributed by atoms with E-state index in [4.69, 9.17) is 23.2 Å². The highest BCUT2D eigenvalue weighted by molar-refractivity contribution is 8.03. The molecule has 0 aliphatic carbocycles. The number of anilines is 1. The van der Waals surface area contributed by atoms with Gasteiger partial charge in [0.15, 0.2) is 0 Å². The van der Waals surface area contributed by atoms with E-state index < -0.39 is 0 Å². The van der Waals surface area contributed by atoms with Gasteiger partial charge in [0.25, 0.3) is 5.01 Å². The van der Waals surface area contributed by atoms with Crippen molar-refractivity contribution in [2.45, 2.75) is 4.90 Å². The fourth-order valence-corrected chi connectivity index (χ4v) is 5.32. The lowest BCUT2D eigenvalue weighted by Crippen LogP contribution is -2.29. The van der Waals surface area contributed by atoms with E-state index in [9.17, 15) is 0 Å². The lowest BCUT2D eigenvalue weighted by atomic mass is 10.3. The maximum absolute atomic E-state index is 6.12. The van der Waals surface area contributed by atoms with Crippen molar-refractivity contribution in [1.29, 1.82) is 0 Å². The summed E-state index contributed by atoms with van der Waals surface area (Å²) in [5.74, 6) is 0. The summed E-state index contributed by atoms with van der Waals surface area (Å²) in [6.07, 6.45) is 2.22. The standard InChI is InChI=1S/C17H13Cl2N2S2/c1-20-12-5-3-11(19)8-15(12)23-16(20)9-17-21(2)13-7-10(18)4-6-14(13)22-17/h3-9H,1-2H3/q+1. The summed E-state index contributed by atoms with van der Waals surface area (Å²) in [6, 6.07) is 12.0. The highest BCUT2D eigenvalue weighted by Gasteiger charge is 2.24. The van der Waals surface area contributed by atoms with Crippen LogP contribution >= 0.6 is 46.3 Å². The van der Waals surface area contributed by atoms with Crippen LogP contribution in [0.5, 0.6) is 0 Å². The summed E-state index contributed by atoms with van der Waals surface area (Å²) in [6.45, 7) is 0. The first-order chi connectivity index (χ1) is 11.0. The zero-order chi connectivity index (χ0) is 16.1. The number of rotatable bonds is 1. The summed E-state index contributed by atoms with van der Waals surface area (Å²) in [7, 11) is 4.16. The Labute approximate surface area is 152 Å². The Balaban J connectivity index is 1.78. The molecule has 6 heteroatoms. The molecule has 2 heterocycles. The van der Waals surface area contributed by atoms with Crippen LogP contribution in [-0.4, -0.2) is 7.05 Å². The van der Waals surface area contributed by atoms with Crippen LogP contribution in [0.4, 0.5) is 5.69 Å². The van der Waals surface area contributed by atoms with Gasteiger partial charge in [-0.3, -0.25) is 0 Å². The smallest absolute Gasteiger partial charge is 0.265 e. The molecular formula is C17H13Cl2N2S2+. The predicted octanol–water partition coefficient (Wildman–Crippen LogP) is 5.57. The summed E-state index contributed by atoms with van der Waals surface area (Å²) in [5, 5.41) is 3.92. The van der Waals surface area contributed by atoms with Crippen LogP contribution in [0.15, 0.2) is 46.3 Å². The number of halogens is 2. The van der Waals surface area contributed by atoms with Gasteiger partial charge in [-0.2, -0.15) is 4.57 Å². The zero-order valence-electron chi connectivity index (χ0n) is 12.5. The third-order valence-corrected chi connectivity index (χ3v) is 6.69. The maximum atomic E-state index is 6.12. The van der Waals surface area contributed by atoms with Gasteiger partial charge in [-0.05, 0) is 30.3 Å². The third kappa shape index (κ3) is 2.64. The first-order valence-corrected chi connectivity index (χ1v) is 9.43. The van der Waals surface area contributed by atoms with E-state index in [0.717, 1.165) is 15.7 Å². The number of fused-ring (bicyclic) bond motifs is 2. The van der Waals surface area contributed by atoms with Crippen LogP contribution in [0, 0.1) is 0 Å². The second kappa shape index (κ2) is 5.71. The van der Waals surface area contributed by atoms with Crippen molar-refractivity contribution in [2.75, 3.05) is 11.9 Å². The minimum Gasteiger partial charge on any atom is -0.338 e. The van der Waals surface area contributed by atoms with E-state index in [1.54, 1.807) is 23.1 Å². The molecule has 23 heavy (non-hydrogen) atoms. The predicted molar refractivity (Wildman–Crippen MR) is 102 cm³/mol. The SMILES string of the molecule is CN1/C(=C/c2sc3cc(Cl)ccc3[n+]2C)Sc2ccc(Cl)cc21. The molecule has 0 spiro atoms. The molecule has 116 valence electrons. The highest BCUT2D eigenvalue weighted by atomic mass is 35.5. The van der Waals surface area contributed by atoms with E-state index in [2.05, 4.69) is 41.8 Å². The largest absolute Gasteiger partial charge is 0.338 e. The van der Waals surface area contributed by atoms with Crippen molar-refractivity contribution in [3.63, 3.8) is 0 Å². The van der Waals surface area contributed by atoms with Gasteiger partial charge in [0.1, 0.15) is 11.7 Å². The van der Waals surface area contributed by atoms with Gasteiger partial charge in [0.2, 0.25) is 5.52 Å². The highest BCUT2D eigenvalue weighted by Crippen LogP contribution is 2.46. The number of benzene rings is 2. The molecular weight excluding hydrogens is 367 g/mol. The van der Waals surface area contributed by atoms with Crippen LogP contribution in [0.2, 0.25) is 10.0 Å². The number of aromatic nitrogens is 1. The van der Waals surface area contributed by atoms with Crippen LogP contribution in [0.3, 0.4) is 0 Å². The molecule has 0 radical (unpaired) electrons. The van der Waals surface area contributed by atoms with Gasteiger partial charge in [0, 0.05) is 28.1 Å². The van der Waals surface area contributed by atoms with Crippen molar-refractivity contribution in [3.8, 4) is 0 Å². The number of hydrogen-bond donors (Lipinski definition) is 0. The molecule has 0 saturated carbocycles. The van der Waals surface area contributed by atoms with Gasteiger partial charge >= 0.3 is 0 Å². The van der Waals surface area contributed by atoms with Crippen molar-refractivity contribution >= 4 is 68.3 Å². The first-order valence-electron chi connectivity index (χ1n) is 7.04. The molecule has 0 unspecified atom stereocenters. The molecule has 0 amide bonds. The van der Waals surface area contributed by atoms with Gasteiger partial charge in [-0.1, -0.05) is 46.3 Å². The molecule has 0 bridgehead atoms. The molecule has 1 aliphatic rings. The quantitative estimate of drug-likeness (QED) is 0.510. The van der Waals surface area contributed by atoms with E-state index in [-0.39, 0.29) is 0 Å². The summed E-state index contributed by atoms with van der Waals surface area (Å²) >= 11 is 15.7. The maximum Gasteiger partial charge on any atom is 0.265 e. The number of nitrogens with zero attached hydrogens (tertiary/aromatic N) is 2. The van der Waals surface area contributed by atoms with E-state index >= 15 is 0 Å². The van der Waals surface area contributed by atoms with E-state index in [0.29, 0.717) is 0 Å². The fourth-order valence-electron chi connectivity index (χ4n) is 2.64. The van der Waals surface area contributed by atoms with Crippen molar-refractivity contribution < 1.29 is 4.57 Å². The van der Waals surface area contributed by atoms with Crippen LogP contribution in [-0.2, 0) is 7.05 Å². The summed E-state index contributed by atoms with van der Waals surface area (Å²) in [4.78, 5) is 3.42. The normalized spacial score (nSPS) is 15.7. The molecule has 0 saturated heterocycles. The van der Waals surface area contributed by atoms with Crippen LogP contribution in [0.25, 0.3) is 16.3 Å². The third-order valence-electron chi connectivity index (χ3n) is 3.90. The Bertz CT molecular complexity index is 963. The lowest BCUT2D eigenvalue weighted by molar-refractivity contribution is -0.642. The Morgan fingerprint density at radius 2 is 1.83 bits per heavy atom. The fraction of sp³-hybridized carbons (Fsp3) is 0.118. The Hall–Kier alpha value is -1.20. The number of aryl methyl sites for hydroxylation is 1. The average molecular weight is 380 g/mol. The van der Waals surface area contributed by atoms with Gasteiger partial charge in [-0.15, -0.1) is 0 Å². The van der Waals surface area contributed by atoms with Crippen LogP contribution in [0.1, 0.15) is 5.01 Å². The average Bonchev–Trinajstić information content (AvgIpc) is 2.98. The Morgan fingerprint density at radius 1 is 1.09 bits per heavy atom. The molecule has 1 aliphatic heterocycles. The molecule has 3 aromatic rings. The first kappa shape index (κ1) is 15.3. The Morgan fingerprint density at radius 3 is 2.65 bits per heavy atom. The Kier molecular flexibility index (Phi) is 3.81. The van der Waals surface area contributed by atoms with Gasteiger partial charge < -0.3 is 4.90 Å². The van der Waals surface area contributed by atoms with Crippen molar-refractivity contribution in [2.24, 2.45) is 7.05 Å². The number of hydrogen-bond acceptors (Lipinski definition) is 3. The molecule has 0 fully saturated rings. The minimum absolute atomic E-state index is 0.763. The molecule has 0 atom stereocenters. The summed E-state index contributed by atoms with van der Waals surface area (Å²) < 4.78 is 3.39. The minimum atomic E-state index is 0.763. The van der Waals surface area contributed by atoms with Crippen molar-refractivity contribution in [3.05, 3.63) is 56.5 Å². The van der Waals surface area contributed by atoms with Crippen LogP contribution < -0.4 is 9.47 Å². The molecule has 1 aromatic heterocycles. The molecule has 4 rings (SSSR count). The second-order valence-corrected chi connectivity index (χ2v) is 8.36. The number of thiazole rings is 1. The second-order valence-electron chi connectivity index (χ2n) is 5.37. The topological polar surface area (TPSA) is 7.12 Å². The molecule has 2 nitrogen and oxygen atoms in total. The zero-order valence-corrected chi connectivity index (χ0v) is 15.7. The summed E-state index contributed by atoms with van der Waals surface area (Å²) in [5.41, 5.74) is 2.35. The van der Waals surface area contributed by atoms with Crippen molar-refractivity contribution in [1.82, 2.24) is 0 Å². The van der Waals surface area contributed by atoms with Gasteiger partial charge in [-0.25, -0.2) is 0 Å². The molecule has 0 N–H and O–H groups in total. The van der Waals surface area contributed by atoms with E-state index in [1.165, 1.54) is 25.1 Å². The van der Waals surface area contributed by atoms with Gasteiger partial charge in [0.05, 0.1) is 16.8 Å². The van der Waals surface area contributed by atoms with E-state index in [1.807, 2.05) is 24.3 Å². The lowest BCUT2D eigenvalue weighted by Gasteiger charge is -2.12. The number of thioether (sulfide) groups is 1. The molecule has 2 aromatic carbocycles. The monoisotopic (exact) mass is 379 g/mol.